The zero-order chi connectivity index (χ0) is 11.5. The Balaban J connectivity index is 2.50. The van der Waals surface area contributed by atoms with Gasteiger partial charge in [-0.3, -0.25) is 9.69 Å². The van der Waals surface area contributed by atoms with Crippen LogP contribution in [0.4, 0.5) is 0 Å². The summed E-state index contributed by atoms with van der Waals surface area (Å²) < 4.78 is 4.68. The molecular weight excluding hydrogens is 192 g/mol. The second-order valence-electron chi connectivity index (χ2n) is 4.71. The van der Waals surface area contributed by atoms with E-state index in [0.29, 0.717) is 6.42 Å². The molecular formula is C11H22N2O2. The number of rotatable bonds is 3. The molecule has 1 rings (SSSR count). The normalized spacial score (nSPS) is 26.3. The van der Waals surface area contributed by atoms with Crippen LogP contribution in [0, 0.1) is 0 Å². The highest BCUT2D eigenvalue weighted by Crippen LogP contribution is 2.19. The summed E-state index contributed by atoms with van der Waals surface area (Å²) in [5.74, 6) is -0.136. The van der Waals surface area contributed by atoms with Crippen LogP contribution in [0.25, 0.3) is 0 Å². The zero-order valence-electron chi connectivity index (χ0n) is 10.2. The maximum atomic E-state index is 11.2. The summed E-state index contributed by atoms with van der Waals surface area (Å²) >= 11 is 0. The van der Waals surface area contributed by atoms with E-state index in [1.807, 2.05) is 0 Å². The molecule has 15 heavy (non-hydrogen) atoms. The van der Waals surface area contributed by atoms with E-state index in [9.17, 15) is 4.79 Å². The lowest BCUT2D eigenvalue weighted by Gasteiger charge is -2.45. The highest BCUT2D eigenvalue weighted by molar-refractivity contribution is 5.69. The molecule has 0 amide bonds. The third-order valence-electron chi connectivity index (χ3n) is 3.14. The van der Waals surface area contributed by atoms with Gasteiger partial charge in [0.25, 0.3) is 0 Å². The first-order valence-electron chi connectivity index (χ1n) is 5.55. The zero-order valence-corrected chi connectivity index (χ0v) is 10.2. The van der Waals surface area contributed by atoms with E-state index in [1.165, 1.54) is 7.11 Å². The number of nitrogens with zero attached hydrogens (tertiary/aromatic N) is 1. The third kappa shape index (κ3) is 3.18. The molecule has 88 valence electrons. The number of likely N-dealkylation sites (N-methyl/N-ethyl adjacent to an activating group) is 1. The molecule has 0 radical (unpaired) electrons. The Hall–Kier alpha value is -0.610. The minimum Gasteiger partial charge on any atom is -0.469 e. The highest BCUT2D eigenvalue weighted by atomic mass is 16.5. The van der Waals surface area contributed by atoms with Crippen LogP contribution >= 0.6 is 0 Å². The van der Waals surface area contributed by atoms with Crippen molar-refractivity contribution in [3.8, 4) is 0 Å². The van der Waals surface area contributed by atoms with Crippen LogP contribution in [-0.2, 0) is 9.53 Å². The van der Waals surface area contributed by atoms with E-state index in [2.05, 4.69) is 35.7 Å². The molecule has 0 saturated carbocycles. The lowest BCUT2D eigenvalue weighted by molar-refractivity contribution is -0.141. The van der Waals surface area contributed by atoms with Gasteiger partial charge in [-0.15, -0.1) is 0 Å². The Morgan fingerprint density at radius 3 is 2.80 bits per heavy atom. The minimum atomic E-state index is -0.136. The summed E-state index contributed by atoms with van der Waals surface area (Å²) in [6.07, 6.45) is 0.461. The number of ether oxygens (including phenoxy) is 1. The Morgan fingerprint density at radius 1 is 1.60 bits per heavy atom. The van der Waals surface area contributed by atoms with Crippen LogP contribution in [0.5, 0.6) is 0 Å². The van der Waals surface area contributed by atoms with Gasteiger partial charge in [-0.25, -0.2) is 0 Å². The van der Waals surface area contributed by atoms with E-state index in [4.69, 9.17) is 0 Å². The number of carbonyl (C=O) groups is 1. The standard InChI is InChI=1S/C11H22N2O2/c1-5-13-7-9(6-10(14)15-4)12-8-11(13,2)3/h9,12H,5-8H2,1-4H3. The van der Waals surface area contributed by atoms with Gasteiger partial charge in [0.2, 0.25) is 0 Å². The molecule has 4 nitrogen and oxygen atoms in total. The number of hydrogen-bond acceptors (Lipinski definition) is 4. The van der Waals surface area contributed by atoms with Crippen molar-refractivity contribution in [2.24, 2.45) is 0 Å². The fraction of sp³-hybridized carbons (Fsp3) is 0.909. The molecule has 4 heteroatoms. The molecule has 1 fully saturated rings. The van der Waals surface area contributed by atoms with Crippen molar-refractivity contribution in [1.29, 1.82) is 0 Å². The molecule has 1 aliphatic heterocycles. The van der Waals surface area contributed by atoms with Crippen LogP contribution in [-0.4, -0.2) is 49.2 Å². The molecule has 1 saturated heterocycles. The fourth-order valence-corrected chi connectivity index (χ4v) is 2.06. The van der Waals surface area contributed by atoms with Crippen molar-refractivity contribution in [2.75, 3.05) is 26.7 Å². The number of carbonyl (C=O) groups excluding carboxylic acids is 1. The number of esters is 1. The van der Waals surface area contributed by atoms with E-state index in [-0.39, 0.29) is 17.6 Å². The van der Waals surface area contributed by atoms with E-state index in [0.717, 1.165) is 19.6 Å². The molecule has 1 unspecified atom stereocenters. The average Bonchev–Trinajstić information content (AvgIpc) is 2.20. The lowest BCUT2D eigenvalue weighted by atomic mass is 9.96. The predicted molar refractivity (Wildman–Crippen MR) is 59.7 cm³/mol. The van der Waals surface area contributed by atoms with Crippen molar-refractivity contribution in [2.45, 2.75) is 38.8 Å². The van der Waals surface area contributed by atoms with Gasteiger partial charge in [-0.1, -0.05) is 6.92 Å². The fourth-order valence-electron chi connectivity index (χ4n) is 2.06. The molecule has 1 aliphatic rings. The van der Waals surface area contributed by atoms with Gasteiger partial charge < -0.3 is 10.1 Å². The number of methoxy groups -OCH3 is 1. The van der Waals surface area contributed by atoms with Gasteiger partial charge in [0.15, 0.2) is 0 Å². The number of hydrogen-bond donors (Lipinski definition) is 1. The first kappa shape index (κ1) is 12.5. The molecule has 0 aromatic carbocycles. The monoisotopic (exact) mass is 214 g/mol. The summed E-state index contributed by atoms with van der Waals surface area (Å²) in [5, 5.41) is 3.40. The number of nitrogens with one attached hydrogen (secondary N) is 1. The van der Waals surface area contributed by atoms with Crippen LogP contribution in [0.3, 0.4) is 0 Å². The van der Waals surface area contributed by atoms with Gasteiger partial charge in [0.1, 0.15) is 0 Å². The van der Waals surface area contributed by atoms with Crippen LogP contribution < -0.4 is 5.32 Å². The van der Waals surface area contributed by atoms with Crippen LogP contribution in [0.2, 0.25) is 0 Å². The van der Waals surface area contributed by atoms with Gasteiger partial charge in [0.05, 0.1) is 13.5 Å². The van der Waals surface area contributed by atoms with Gasteiger partial charge in [-0.2, -0.15) is 0 Å². The molecule has 0 aliphatic carbocycles. The van der Waals surface area contributed by atoms with E-state index >= 15 is 0 Å². The van der Waals surface area contributed by atoms with Crippen molar-refractivity contribution < 1.29 is 9.53 Å². The summed E-state index contributed by atoms with van der Waals surface area (Å²) in [7, 11) is 1.44. The minimum absolute atomic E-state index is 0.136. The van der Waals surface area contributed by atoms with Crippen molar-refractivity contribution in [3.63, 3.8) is 0 Å². The lowest BCUT2D eigenvalue weighted by Crippen LogP contribution is -2.62. The largest absolute Gasteiger partial charge is 0.469 e. The van der Waals surface area contributed by atoms with Gasteiger partial charge in [-0.05, 0) is 20.4 Å². The summed E-state index contributed by atoms with van der Waals surface area (Å²) in [6, 6.07) is 0.227. The Kier molecular flexibility index (Phi) is 4.11. The second-order valence-corrected chi connectivity index (χ2v) is 4.71. The van der Waals surface area contributed by atoms with E-state index in [1.54, 1.807) is 0 Å². The molecule has 1 N–H and O–H groups in total. The molecule has 1 atom stereocenters. The first-order chi connectivity index (χ1) is 6.99. The molecule has 0 aromatic heterocycles. The summed E-state index contributed by atoms with van der Waals surface area (Å²) in [4.78, 5) is 13.6. The topological polar surface area (TPSA) is 41.6 Å². The highest BCUT2D eigenvalue weighted by Gasteiger charge is 2.33. The van der Waals surface area contributed by atoms with Gasteiger partial charge >= 0.3 is 5.97 Å². The summed E-state index contributed by atoms with van der Waals surface area (Å²) in [5.41, 5.74) is 0.182. The van der Waals surface area contributed by atoms with Crippen molar-refractivity contribution in [3.05, 3.63) is 0 Å². The Labute approximate surface area is 92.0 Å². The third-order valence-corrected chi connectivity index (χ3v) is 3.14. The second kappa shape index (κ2) is 4.94. The quantitative estimate of drug-likeness (QED) is 0.699. The predicted octanol–water partition coefficient (Wildman–Crippen LogP) is 0.622. The van der Waals surface area contributed by atoms with Crippen molar-refractivity contribution >= 4 is 5.97 Å². The van der Waals surface area contributed by atoms with Crippen LogP contribution in [0.1, 0.15) is 27.2 Å². The maximum absolute atomic E-state index is 11.2. The molecule has 0 bridgehead atoms. The SMILES string of the molecule is CCN1CC(CC(=O)OC)NCC1(C)C. The van der Waals surface area contributed by atoms with E-state index < -0.39 is 0 Å². The Bertz CT molecular complexity index is 229. The van der Waals surface area contributed by atoms with Crippen molar-refractivity contribution in [1.82, 2.24) is 10.2 Å². The van der Waals surface area contributed by atoms with Crippen LogP contribution in [0.15, 0.2) is 0 Å². The summed E-state index contributed by atoms with van der Waals surface area (Å²) in [6.45, 7) is 9.45. The average molecular weight is 214 g/mol. The Morgan fingerprint density at radius 2 is 2.27 bits per heavy atom. The molecule has 1 heterocycles. The molecule has 0 aromatic rings. The van der Waals surface area contributed by atoms with Gasteiger partial charge in [0, 0.05) is 24.7 Å². The number of piperazine rings is 1. The first-order valence-corrected chi connectivity index (χ1v) is 5.55. The maximum Gasteiger partial charge on any atom is 0.307 e. The smallest absolute Gasteiger partial charge is 0.307 e. The molecule has 0 spiro atoms.